The van der Waals surface area contributed by atoms with Gasteiger partial charge in [-0.25, -0.2) is 0 Å². The zero-order valence-electron chi connectivity index (χ0n) is 14.3. The smallest absolute Gasteiger partial charge is 0.312 e. The van der Waals surface area contributed by atoms with Crippen molar-refractivity contribution in [1.82, 2.24) is 0 Å². The molecule has 0 aromatic carbocycles. The summed E-state index contributed by atoms with van der Waals surface area (Å²) in [6.45, 7) is 2.34. The Balaban J connectivity index is 1.89. The third kappa shape index (κ3) is 1.82. The van der Waals surface area contributed by atoms with Crippen molar-refractivity contribution in [3.63, 3.8) is 0 Å². The number of ether oxygens (including phenoxy) is 1. The lowest BCUT2D eigenvalue weighted by atomic mass is 9.45. The van der Waals surface area contributed by atoms with E-state index in [1.54, 1.807) is 0 Å². The normalized spacial score (nSPS) is 39.5. The van der Waals surface area contributed by atoms with Crippen molar-refractivity contribution in [2.24, 2.45) is 16.7 Å². The predicted octanol–water partition coefficient (Wildman–Crippen LogP) is 4.35. The van der Waals surface area contributed by atoms with Crippen LogP contribution in [0.4, 0.5) is 0 Å². The molecule has 4 rings (SSSR count). The summed E-state index contributed by atoms with van der Waals surface area (Å²) < 4.78 is 5.59. The van der Waals surface area contributed by atoms with E-state index in [0.717, 1.165) is 69.8 Å². The van der Waals surface area contributed by atoms with Crippen molar-refractivity contribution in [3.8, 4) is 0 Å². The summed E-state index contributed by atoms with van der Waals surface area (Å²) in [5.74, 6) is 0.468. The maximum atomic E-state index is 13.1. The molecular weight excluding hydrogens is 288 g/mol. The fraction of sp³-hybridized carbons (Fsp3) is 0.800. The molecule has 0 amide bonds. The summed E-state index contributed by atoms with van der Waals surface area (Å²) in [5, 5.41) is 0. The average molecular weight is 316 g/mol. The van der Waals surface area contributed by atoms with Crippen LogP contribution in [0, 0.1) is 16.7 Å². The van der Waals surface area contributed by atoms with Crippen LogP contribution in [0.2, 0.25) is 0 Å². The SMILES string of the molecule is CCOC(=O)[C@@]12CCCC[C@@]13C1=C(CCCC1)C(=O)[C@H]3CCC2. The molecule has 0 aliphatic heterocycles. The highest BCUT2D eigenvalue weighted by molar-refractivity contribution is 6.03. The van der Waals surface area contributed by atoms with Gasteiger partial charge in [-0.2, -0.15) is 0 Å². The molecule has 126 valence electrons. The topological polar surface area (TPSA) is 43.4 Å². The Bertz CT molecular complexity index is 571. The van der Waals surface area contributed by atoms with Gasteiger partial charge in [-0.05, 0) is 63.9 Å². The molecule has 3 atom stereocenters. The number of allylic oxidation sites excluding steroid dienone is 2. The van der Waals surface area contributed by atoms with Gasteiger partial charge in [0.2, 0.25) is 0 Å². The number of Topliss-reactive ketones (excluding diaryl/α,β-unsaturated/α-hetero) is 1. The highest BCUT2D eigenvalue weighted by Crippen LogP contribution is 2.70. The van der Waals surface area contributed by atoms with E-state index in [2.05, 4.69) is 0 Å². The number of carbonyl (C=O) groups is 2. The van der Waals surface area contributed by atoms with Crippen LogP contribution in [0.1, 0.15) is 77.6 Å². The molecule has 1 spiro atoms. The van der Waals surface area contributed by atoms with Crippen molar-refractivity contribution in [3.05, 3.63) is 11.1 Å². The first-order valence-electron chi connectivity index (χ1n) is 9.61. The first-order chi connectivity index (χ1) is 11.2. The Morgan fingerprint density at radius 1 is 1.09 bits per heavy atom. The standard InChI is InChI=1S/C20H28O3/c1-2-23-18(22)19-11-5-6-13-20(19)15-9-4-3-8-14(15)17(21)16(20)10-7-12-19/h16H,2-13H2,1H3/t16-,19+,20+/m1/s1. The summed E-state index contributed by atoms with van der Waals surface area (Å²) in [4.78, 5) is 26.3. The van der Waals surface area contributed by atoms with E-state index in [0.29, 0.717) is 12.4 Å². The molecule has 0 aromatic heterocycles. The summed E-state index contributed by atoms with van der Waals surface area (Å²) in [5.41, 5.74) is 1.93. The Hall–Kier alpha value is -1.12. The molecule has 0 radical (unpaired) electrons. The molecule has 0 aromatic rings. The maximum absolute atomic E-state index is 13.1. The van der Waals surface area contributed by atoms with E-state index in [-0.39, 0.29) is 17.3 Å². The van der Waals surface area contributed by atoms with E-state index in [9.17, 15) is 9.59 Å². The highest BCUT2D eigenvalue weighted by Gasteiger charge is 2.68. The highest BCUT2D eigenvalue weighted by atomic mass is 16.5. The monoisotopic (exact) mass is 316 g/mol. The third-order valence-corrected chi connectivity index (χ3v) is 7.26. The van der Waals surface area contributed by atoms with Gasteiger partial charge in [0.1, 0.15) is 0 Å². The third-order valence-electron chi connectivity index (χ3n) is 7.26. The molecule has 23 heavy (non-hydrogen) atoms. The fourth-order valence-electron chi connectivity index (χ4n) is 6.54. The van der Waals surface area contributed by atoms with Gasteiger partial charge in [0.05, 0.1) is 12.0 Å². The number of hydrogen-bond donors (Lipinski definition) is 0. The van der Waals surface area contributed by atoms with E-state index >= 15 is 0 Å². The van der Waals surface area contributed by atoms with Gasteiger partial charge in [-0.1, -0.05) is 24.8 Å². The molecule has 3 heteroatoms. The minimum Gasteiger partial charge on any atom is -0.466 e. The van der Waals surface area contributed by atoms with Gasteiger partial charge >= 0.3 is 5.97 Å². The molecule has 3 nitrogen and oxygen atoms in total. The molecule has 4 aliphatic rings. The molecule has 0 saturated heterocycles. The van der Waals surface area contributed by atoms with Gasteiger partial charge < -0.3 is 4.74 Å². The lowest BCUT2D eigenvalue weighted by Crippen LogP contribution is -2.57. The molecule has 0 N–H and O–H groups in total. The van der Waals surface area contributed by atoms with Crippen LogP contribution in [0.5, 0.6) is 0 Å². The Kier molecular flexibility index (Phi) is 3.66. The van der Waals surface area contributed by atoms with Gasteiger partial charge in [0, 0.05) is 11.3 Å². The maximum Gasteiger partial charge on any atom is 0.312 e. The molecule has 0 unspecified atom stereocenters. The van der Waals surface area contributed by atoms with Crippen LogP contribution >= 0.6 is 0 Å². The van der Waals surface area contributed by atoms with Crippen LogP contribution in [0.15, 0.2) is 11.1 Å². The van der Waals surface area contributed by atoms with E-state index in [1.165, 1.54) is 12.0 Å². The lowest BCUT2D eigenvalue weighted by molar-refractivity contribution is -0.177. The first kappa shape index (κ1) is 15.4. The summed E-state index contributed by atoms with van der Waals surface area (Å²) >= 11 is 0. The van der Waals surface area contributed by atoms with Gasteiger partial charge in [0.15, 0.2) is 5.78 Å². The quantitative estimate of drug-likeness (QED) is 0.711. The van der Waals surface area contributed by atoms with E-state index in [4.69, 9.17) is 4.74 Å². The molecule has 4 aliphatic carbocycles. The minimum absolute atomic E-state index is 0.00322. The lowest BCUT2D eigenvalue weighted by Gasteiger charge is -2.57. The molecule has 0 heterocycles. The molecule has 0 bridgehead atoms. The van der Waals surface area contributed by atoms with Gasteiger partial charge in [-0.15, -0.1) is 0 Å². The van der Waals surface area contributed by atoms with Crippen molar-refractivity contribution in [2.75, 3.05) is 6.61 Å². The van der Waals surface area contributed by atoms with E-state index < -0.39 is 5.41 Å². The molecule has 2 saturated carbocycles. The second-order valence-electron chi connectivity index (χ2n) is 7.95. The summed E-state index contributed by atoms with van der Waals surface area (Å²) in [6, 6.07) is 0. The summed E-state index contributed by atoms with van der Waals surface area (Å²) in [6.07, 6.45) is 11.4. The minimum atomic E-state index is -0.408. The van der Waals surface area contributed by atoms with Crippen LogP contribution in [-0.4, -0.2) is 18.4 Å². The predicted molar refractivity (Wildman–Crippen MR) is 87.8 cm³/mol. The zero-order valence-corrected chi connectivity index (χ0v) is 14.3. The average Bonchev–Trinajstić information content (AvgIpc) is 2.84. The fourth-order valence-corrected chi connectivity index (χ4v) is 6.54. The zero-order chi connectivity index (χ0) is 16.1. The Morgan fingerprint density at radius 2 is 1.83 bits per heavy atom. The number of esters is 1. The Morgan fingerprint density at radius 3 is 2.65 bits per heavy atom. The van der Waals surface area contributed by atoms with Crippen molar-refractivity contribution >= 4 is 11.8 Å². The molecular formula is C20H28O3. The second kappa shape index (κ2) is 5.46. The van der Waals surface area contributed by atoms with Crippen molar-refractivity contribution in [2.45, 2.75) is 77.6 Å². The number of hydrogen-bond acceptors (Lipinski definition) is 3. The van der Waals surface area contributed by atoms with Gasteiger partial charge in [-0.3, -0.25) is 9.59 Å². The van der Waals surface area contributed by atoms with Crippen molar-refractivity contribution < 1.29 is 14.3 Å². The van der Waals surface area contributed by atoms with Crippen LogP contribution in [-0.2, 0) is 14.3 Å². The summed E-state index contributed by atoms with van der Waals surface area (Å²) in [7, 11) is 0. The van der Waals surface area contributed by atoms with E-state index in [1.807, 2.05) is 6.92 Å². The second-order valence-corrected chi connectivity index (χ2v) is 7.95. The number of ketones is 1. The van der Waals surface area contributed by atoms with Crippen molar-refractivity contribution in [1.29, 1.82) is 0 Å². The number of carbonyl (C=O) groups excluding carboxylic acids is 2. The van der Waals surface area contributed by atoms with Gasteiger partial charge in [0.25, 0.3) is 0 Å². The van der Waals surface area contributed by atoms with Crippen LogP contribution < -0.4 is 0 Å². The Labute approximate surface area is 138 Å². The first-order valence-corrected chi connectivity index (χ1v) is 9.61. The van der Waals surface area contributed by atoms with Crippen LogP contribution in [0.25, 0.3) is 0 Å². The molecule has 2 fully saturated rings. The number of rotatable bonds is 2. The van der Waals surface area contributed by atoms with Crippen LogP contribution in [0.3, 0.4) is 0 Å². The largest absolute Gasteiger partial charge is 0.466 e.